The standard InChI is InChI=1S/C13H9ClFNO3S/c1-6-5-7(13(18)19)12(20-6)16-11(17)10-8(14)3-2-4-9(10)15/h2-5H,1H3,(H,16,17)(H,18,19). The lowest BCUT2D eigenvalue weighted by Crippen LogP contribution is -2.15. The van der Waals surface area contributed by atoms with Crippen molar-refractivity contribution in [3.05, 3.63) is 51.1 Å². The molecule has 2 rings (SSSR count). The van der Waals surface area contributed by atoms with Gasteiger partial charge in [-0.05, 0) is 25.1 Å². The molecule has 0 bridgehead atoms. The zero-order valence-electron chi connectivity index (χ0n) is 10.2. The number of hydrogen-bond acceptors (Lipinski definition) is 3. The molecule has 1 aromatic heterocycles. The number of hydrogen-bond donors (Lipinski definition) is 2. The SMILES string of the molecule is Cc1cc(C(=O)O)c(NC(=O)c2c(F)cccc2Cl)s1. The van der Waals surface area contributed by atoms with Crippen molar-refractivity contribution in [2.24, 2.45) is 0 Å². The third kappa shape index (κ3) is 2.81. The van der Waals surface area contributed by atoms with Crippen molar-refractivity contribution in [2.75, 3.05) is 5.32 Å². The predicted octanol–water partition coefficient (Wildman–Crippen LogP) is 3.80. The second-order valence-corrected chi connectivity index (χ2v) is 5.62. The normalized spacial score (nSPS) is 10.3. The number of carboxylic acids is 1. The zero-order chi connectivity index (χ0) is 14.9. The van der Waals surface area contributed by atoms with Crippen molar-refractivity contribution >= 4 is 39.8 Å². The molecule has 1 amide bonds. The number of carboxylic acid groups (broad SMARTS) is 1. The lowest BCUT2D eigenvalue weighted by Gasteiger charge is -2.06. The molecule has 0 saturated heterocycles. The van der Waals surface area contributed by atoms with Crippen LogP contribution in [0.5, 0.6) is 0 Å². The van der Waals surface area contributed by atoms with Crippen LogP contribution in [0.3, 0.4) is 0 Å². The van der Waals surface area contributed by atoms with Crippen LogP contribution in [0, 0.1) is 12.7 Å². The van der Waals surface area contributed by atoms with Crippen LogP contribution in [0.1, 0.15) is 25.6 Å². The van der Waals surface area contributed by atoms with E-state index in [1.54, 1.807) is 6.92 Å². The van der Waals surface area contributed by atoms with Gasteiger partial charge in [-0.1, -0.05) is 17.7 Å². The van der Waals surface area contributed by atoms with Crippen LogP contribution < -0.4 is 5.32 Å². The molecule has 7 heteroatoms. The highest BCUT2D eigenvalue weighted by Gasteiger charge is 2.20. The maximum Gasteiger partial charge on any atom is 0.338 e. The van der Waals surface area contributed by atoms with Crippen LogP contribution >= 0.6 is 22.9 Å². The fourth-order valence-corrected chi connectivity index (χ4v) is 2.79. The van der Waals surface area contributed by atoms with Gasteiger partial charge in [0.2, 0.25) is 0 Å². The van der Waals surface area contributed by atoms with Crippen molar-refractivity contribution in [3.8, 4) is 0 Å². The number of aromatic carboxylic acids is 1. The molecule has 1 heterocycles. The van der Waals surface area contributed by atoms with E-state index >= 15 is 0 Å². The van der Waals surface area contributed by atoms with Gasteiger partial charge in [-0.25, -0.2) is 9.18 Å². The van der Waals surface area contributed by atoms with E-state index in [1.165, 1.54) is 18.2 Å². The third-order valence-electron chi connectivity index (χ3n) is 2.50. The van der Waals surface area contributed by atoms with Gasteiger partial charge in [0.05, 0.1) is 16.1 Å². The fraction of sp³-hybridized carbons (Fsp3) is 0.0769. The molecule has 4 nitrogen and oxygen atoms in total. The monoisotopic (exact) mass is 313 g/mol. The first kappa shape index (κ1) is 14.5. The first-order valence-electron chi connectivity index (χ1n) is 5.49. The highest BCUT2D eigenvalue weighted by Crippen LogP contribution is 2.29. The zero-order valence-corrected chi connectivity index (χ0v) is 11.8. The van der Waals surface area contributed by atoms with Crippen molar-refractivity contribution in [1.29, 1.82) is 0 Å². The number of rotatable bonds is 3. The van der Waals surface area contributed by atoms with Crippen LogP contribution in [-0.4, -0.2) is 17.0 Å². The lowest BCUT2D eigenvalue weighted by molar-refractivity contribution is 0.0698. The van der Waals surface area contributed by atoms with Crippen molar-refractivity contribution < 1.29 is 19.1 Å². The number of carbonyl (C=O) groups excluding carboxylic acids is 1. The highest BCUT2D eigenvalue weighted by atomic mass is 35.5. The van der Waals surface area contributed by atoms with Crippen LogP contribution in [0.2, 0.25) is 5.02 Å². The molecule has 2 N–H and O–H groups in total. The number of nitrogens with one attached hydrogen (secondary N) is 1. The largest absolute Gasteiger partial charge is 0.478 e. The molecular weight excluding hydrogens is 305 g/mol. The maximum absolute atomic E-state index is 13.6. The van der Waals surface area contributed by atoms with Gasteiger partial charge in [-0.3, -0.25) is 4.79 Å². The van der Waals surface area contributed by atoms with Crippen LogP contribution in [0.4, 0.5) is 9.39 Å². The van der Waals surface area contributed by atoms with E-state index in [0.717, 1.165) is 22.3 Å². The number of amides is 1. The average Bonchev–Trinajstić information content (AvgIpc) is 2.70. The molecule has 0 spiro atoms. The van der Waals surface area contributed by atoms with E-state index in [9.17, 15) is 14.0 Å². The highest BCUT2D eigenvalue weighted by molar-refractivity contribution is 7.16. The summed E-state index contributed by atoms with van der Waals surface area (Å²) in [5, 5.41) is 11.5. The summed E-state index contributed by atoms with van der Waals surface area (Å²) >= 11 is 6.88. The number of aryl methyl sites for hydroxylation is 1. The molecule has 0 fully saturated rings. The molecule has 0 unspecified atom stereocenters. The first-order valence-corrected chi connectivity index (χ1v) is 6.68. The van der Waals surface area contributed by atoms with Gasteiger partial charge in [0.15, 0.2) is 0 Å². The molecule has 0 saturated carbocycles. The Morgan fingerprint density at radius 1 is 1.40 bits per heavy atom. The molecule has 0 aliphatic rings. The summed E-state index contributed by atoms with van der Waals surface area (Å²) in [4.78, 5) is 23.8. The molecule has 0 atom stereocenters. The van der Waals surface area contributed by atoms with Gasteiger partial charge >= 0.3 is 5.97 Å². The number of benzene rings is 1. The quantitative estimate of drug-likeness (QED) is 0.905. The smallest absolute Gasteiger partial charge is 0.338 e. The molecule has 2 aromatic rings. The Hall–Kier alpha value is -1.92. The Morgan fingerprint density at radius 3 is 2.70 bits per heavy atom. The summed E-state index contributed by atoms with van der Waals surface area (Å²) in [6, 6.07) is 5.31. The van der Waals surface area contributed by atoms with Crippen LogP contribution in [0.25, 0.3) is 0 Å². The van der Waals surface area contributed by atoms with E-state index in [4.69, 9.17) is 16.7 Å². The van der Waals surface area contributed by atoms with E-state index in [-0.39, 0.29) is 21.2 Å². The average molecular weight is 314 g/mol. The summed E-state index contributed by atoms with van der Waals surface area (Å²) in [7, 11) is 0. The second-order valence-electron chi connectivity index (χ2n) is 3.96. The van der Waals surface area contributed by atoms with Crippen LogP contribution in [-0.2, 0) is 0 Å². The van der Waals surface area contributed by atoms with E-state index in [1.807, 2.05) is 0 Å². The molecule has 0 aliphatic carbocycles. The minimum atomic E-state index is -1.16. The number of anilines is 1. The summed E-state index contributed by atoms with van der Waals surface area (Å²) in [5.74, 6) is -2.71. The van der Waals surface area contributed by atoms with E-state index in [2.05, 4.69) is 5.32 Å². The molecule has 104 valence electrons. The summed E-state index contributed by atoms with van der Waals surface area (Å²) < 4.78 is 13.6. The fourth-order valence-electron chi connectivity index (χ4n) is 1.65. The Bertz CT molecular complexity index is 679. The maximum atomic E-state index is 13.6. The summed E-state index contributed by atoms with van der Waals surface area (Å²) in [5.41, 5.74) is -0.343. The Kier molecular flexibility index (Phi) is 4.06. The summed E-state index contributed by atoms with van der Waals surface area (Å²) in [6.07, 6.45) is 0. The topological polar surface area (TPSA) is 66.4 Å². The number of halogens is 2. The van der Waals surface area contributed by atoms with Gasteiger partial charge in [-0.2, -0.15) is 0 Å². The van der Waals surface area contributed by atoms with Gasteiger partial charge in [0.25, 0.3) is 5.91 Å². The Balaban J connectivity index is 2.35. The van der Waals surface area contributed by atoms with E-state index in [0.29, 0.717) is 0 Å². The minimum Gasteiger partial charge on any atom is -0.478 e. The molecule has 0 aliphatic heterocycles. The molecule has 1 aromatic carbocycles. The van der Waals surface area contributed by atoms with E-state index < -0.39 is 17.7 Å². The Labute approximate surface area is 122 Å². The van der Waals surface area contributed by atoms with Crippen molar-refractivity contribution in [1.82, 2.24) is 0 Å². The third-order valence-corrected chi connectivity index (χ3v) is 3.78. The van der Waals surface area contributed by atoms with Crippen LogP contribution in [0.15, 0.2) is 24.3 Å². The minimum absolute atomic E-state index is 0.0340. The Morgan fingerprint density at radius 2 is 2.10 bits per heavy atom. The number of thiophene rings is 1. The van der Waals surface area contributed by atoms with Gasteiger partial charge in [0, 0.05) is 4.88 Å². The first-order chi connectivity index (χ1) is 9.40. The molecule has 20 heavy (non-hydrogen) atoms. The predicted molar refractivity (Wildman–Crippen MR) is 75.4 cm³/mol. The van der Waals surface area contributed by atoms with Gasteiger partial charge < -0.3 is 10.4 Å². The second kappa shape index (κ2) is 5.60. The number of carbonyl (C=O) groups is 2. The summed E-state index contributed by atoms with van der Waals surface area (Å²) in [6.45, 7) is 1.71. The van der Waals surface area contributed by atoms with Crippen molar-refractivity contribution in [2.45, 2.75) is 6.92 Å². The van der Waals surface area contributed by atoms with Crippen molar-refractivity contribution in [3.63, 3.8) is 0 Å². The molecule has 0 radical (unpaired) electrons. The lowest BCUT2D eigenvalue weighted by atomic mass is 10.2. The van der Waals surface area contributed by atoms with Gasteiger partial charge in [0.1, 0.15) is 10.8 Å². The van der Waals surface area contributed by atoms with Gasteiger partial charge in [-0.15, -0.1) is 11.3 Å². The molecular formula is C13H9ClFNO3S.